The summed E-state index contributed by atoms with van der Waals surface area (Å²) in [6, 6.07) is 2.99. The van der Waals surface area contributed by atoms with Crippen LogP contribution in [0.15, 0.2) is 12.1 Å². The Kier molecular flexibility index (Phi) is 3.64. The van der Waals surface area contributed by atoms with Crippen molar-refractivity contribution in [3.05, 3.63) is 17.9 Å². The van der Waals surface area contributed by atoms with Crippen molar-refractivity contribution < 1.29 is 9.13 Å². The number of anilines is 2. The molecule has 1 fully saturated rings. The minimum Gasteiger partial charge on any atom is -0.491 e. The largest absolute Gasteiger partial charge is 0.491 e. The number of hydrogen-bond acceptors (Lipinski definition) is 3. The van der Waals surface area contributed by atoms with Crippen LogP contribution in [-0.4, -0.2) is 12.1 Å². The van der Waals surface area contributed by atoms with Crippen molar-refractivity contribution in [2.45, 2.75) is 45.1 Å². The van der Waals surface area contributed by atoms with E-state index in [1.165, 1.54) is 18.9 Å². The number of nitrogens with one attached hydrogen (secondary N) is 1. The Morgan fingerprint density at radius 1 is 1.39 bits per heavy atom. The van der Waals surface area contributed by atoms with Crippen molar-refractivity contribution in [3.63, 3.8) is 0 Å². The van der Waals surface area contributed by atoms with E-state index in [0.717, 1.165) is 18.5 Å². The maximum absolute atomic E-state index is 13.6. The molecule has 0 bridgehead atoms. The molecule has 1 aromatic rings. The fourth-order valence-electron chi connectivity index (χ4n) is 2.55. The van der Waals surface area contributed by atoms with E-state index < -0.39 is 5.82 Å². The van der Waals surface area contributed by atoms with Crippen LogP contribution in [0.25, 0.3) is 0 Å². The van der Waals surface area contributed by atoms with E-state index in [0.29, 0.717) is 12.3 Å². The van der Waals surface area contributed by atoms with Crippen LogP contribution in [0.2, 0.25) is 0 Å². The molecule has 1 aliphatic rings. The Balaban J connectivity index is 2.23. The average Bonchev–Trinajstić information content (AvgIpc) is 2.72. The highest BCUT2D eigenvalue weighted by Crippen LogP contribution is 2.36. The molecule has 0 heterocycles. The lowest BCUT2D eigenvalue weighted by atomic mass is 10.00. The van der Waals surface area contributed by atoms with Crippen LogP contribution < -0.4 is 15.8 Å². The highest BCUT2D eigenvalue weighted by Gasteiger charge is 2.29. The van der Waals surface area contributed by atoms with Gasteiger partial charge in [-0.05, 0) is 26.7 Å². The molecule has 0 unspecified atom stereocenters. The SMILES string of the molecule is CCOc1cc(NC2(C)CCCC2)c(N)cc1F. The molecule has 3 nitrogen and oxygen atoms in total. The van der Waals surface area contributed by atoms with Gasteiger partial charge in [-0.1, -0.05) is 12.8 Å². The van der Waals surface area contributed by atoms with E-state index in [1.807, 2.05) is 6.92 Å². The summed E-state index contributed by atoms with van der Waals surface area (Å²) in [5.41, 5.74) is 7.13. The van der Waals surface area contributed by atoms with Crippen LogP contribution in [-0.2, 0) is 0 Å². The number of halogens is 1. The van der Waals surface area contributed by atoms with E-state index in [4.69, 9.17) is 10.5 Å². The van der Waals surface area contributed by atoms with Crippen molar-refractivity contribution in [1.82, 2.24) is 0 Å². The average molecular weight is 252 g/mol. The van der Waals surface area contributed by atoms with Gasteiger partial charge in [0, 0.05) is 17.7 Å². The molecule has 3 N–H and O–H groups in total. The van der Waals surface area contributed by atoms with Crippen molar-refractivity contribution in [2.75, 3.05) is 17.7 Å². The Hall–Kier alpha value is -1.45. The first-order valence-corrected chi connectivity index (χ1v) is 6.54. The molecular weight excluding hydrogens is 231 g/mol. The van der Waals surface area contributed by atoms with Gasteiger partial charge in [-0.2, -0.15) is 0 Å². The zero-order valence-corrected chi connectivity index (χ0v) is 11.1. The van der Waals surface area contributed by atoms with Gasteiger partial charge in [0.1, 0.15) is 0 Å². The predicted octanol–water partition coefficient (Wildman–Crippen LogP) is 3.55. The number of rotatable bonds is 4. The second-order valence-electron chi connectivity index (χ2n) is 5.20. The van der Waals surface area contributed by atoms with Gasteiger partial charge in [0.25, 0.3) is 0 Å². The van der Waals surface area contributed by atoms with Crippen LogP contribution in [0.3, 0.4) is 0 Å². The van der Waals surface area contributed by atoms with Gasteiger partial charge in [-0.3, -0.25) is 0 Å². The maximum Gasteiger partial charge on any atom is 0.167 e. The third kappa shape index (κ3) is 2.68. The molecule has 2 rings (SSSR count). The lowest BCUT2D eigenvalue weighted by Crippen LogP contribution is -2.31. The fourth-order valence-corrected chi connectivity index (χ4v) is 2.55. The Morgan fingerprint density at radius 2 is 2.06 bits per heavy atom. The summed E-state index contributed by atoms with van der Waals surface area (Å²) >= 11 is 0. The standard InChI is InChI=1S/C14H21FN2O/c1-3-18-13-9-12(11(16)8-10(13)15)17-14(2)6-4-5-7-14/h8-9,17H,3-7,16H2,1-2H3. The Bertz CT molecular complexity index is 428. The van der Waals surface area contributed by atoms with Crippen LogP contribution in [0.4, 0.5) is 15.8 Å². The fraction of sp³-hybridized carbons (Fsp3) is 0.571. The van der Waals surface area contributed by atoms with E-state index in [9.17, 15) is 4.39 Å². The van der Waals surface area contributed by atoms with Crippen molar-refractivity contribution in [1.29, 1.82) is 0 Å². The van der Waals surface area contributed by atoms with Crippen LogP contribution in [0.5, 0.6) is 5.75 Å². The molecule has 1 aromatic carbocycles. The van der Waals surface area contributed by atoms with Crippen LogP contribution in [0.1, 0.15) is 39.5 Å². The zero-order chi connectivity index (χ0) is 13.2. The van der Waals surface area contributed by atoms with Gasteiger partial charge in [-0.15, -0.1) is 0 Å². The van der Waals surface area contributed by atoms with Crippen LogP contribution >= 0.6 is 0 Å². The second-order valence-corrected chi connectivity index (χ2v) is 5.20. The summed E-state index contributed by atoms with van der Waals surface area (Å²) in [5.74, 6) is -0.146. The third-order valence-corrected chi connectivity index (χ3v) is 3.55. The first kappa shape index (κ1) is 13.0. The molecule has 0 amide bonds. The minimum atomic E-state index is -0.406. The quantitative estimate of drug-likeness (QED) is 0.806. The zero-order valence-electron chi connectivity index (χ0n) is 11.1. The highest BCUT2D eigenvalue weighted by atomic mass is 19.1. The second kappa shape index (κ2) is 5.04. The van der Waals surface area contributed by atoms with Crippen molar-refractivity contribution in [2.24, 2.45) is 0 Å². The van der Waals surface area contributed by atoms with Gasteiger partial charge in [0.05, 0.1) is 18.0 Å². The molecule has 1 saturated carbocycles. The lowest BCUT2D eigenvalue weighted by Gasteiger charge is -2.27. The van der Waals surface area contributed by atoms with E-state index in [2.05, 4.69) is 12.2 Å². The first-order chi connectivity index (χ1) is 8.54. The number of nitrogen functional groups attached to an aromatic ring is 1. The van der Waals surface area contributed by atoms with E-state index in [-0.39, 0.29) is 11.3 Å². The summed E-state index contributed by atoms with van der Waals surface area (Å²) in [7, 11) is 0. The summed E-state index contributed by atoms with van der Waals surface area (Å²) in [4.78, 5) is 0. The first-order valence-electron chi connectivity index (χ1n) is 6.54. The highest BCUT2D eigenvalue weighted by molar-refractivity contribution is 5.69. The minimum absolute atomic E-state index is 0.0649. The normalized spacial score (nSPS) is 17.7. The van der Waals surface area contributed by atoms with E-state index in [1.54, 1.807) is 6.07 Å². The molecule has 0 spiro atoms. The van der Waals surface area contributed by atoms with E-state index >= 15 is 0 Å². The molecular formula is C14H21FN2O. The molecule has 1 aliphatic carbocycles. The number of benzene rings is 1. The molecule has 4 heteroatoms. The molecule has 0 atom stereocenters. The number of hydrogen-bond donors (Lipinski definition) is 2. The summed E-state index contributed by atoms with van der Waals surface area (Å²) in [6.07, 6.45) is 4.69. The molecule has 0 aliphatic heterocycles. The molecule has 100 valence electrons. The van der Waals surface area contributed by atoms with Gasteiger partial charge in [-0.25, -0.2) is 4.39 Å². The number of ether oxygens (including phenoxy) is 1. The van der Waals surface area contributed by atoms with Gasteiger partial charge in [0.15, 0.2) is 11.6 Å². The maximum atomic E-state index is 13.6. The Labute approximate surface area is 108 Å². The van der Waals surface area contributed by atoms with Gasteiger partial charge >= 0.3 is 0 Å². The summed E-state index contributed by atoms with van der Waals surface area (Å²) in [6.45, 7) is 4.46. The van der Waals surface area contributed by atoms with Crippen LogP contribution in [0, 0.1) is 5.82 Å². The molecule has 0 aromatic heterocycles. The lowest BCUT2D eigenvalue weighted by molar-refractivity contribution is 0.322. The predicted molar refractivity (Wildman–Crippen MR) is 72.5 cm³/mol. The molecule has 18 heavy (non-hydrogen) atoms. The van der Waals surface area contributed by atoms with Gasteiger partial charge in [0.2, 0.25) is 0 Å². The monoisotopic (exact) mass is 252 g/mol. The summed E-state index contributed by atoms with van der Waals surface area (Å²) < 4.78 is 18.9. The summed E-state index contributed by atoms with van der Waals surface area (Å²) in [5, 5.41) is 3.44. The third-order valence-electron chi connectivity index (χ3n) is 3.55. The topological polar surface area (TPSA) is 47.3 Å². The Morgan fingerprint density at radius 3 is 2.67 bits per heavy atom. The molecule has 0 saturated heterocycles. The smallest absolute Gasteiger partial charge is 0.167 e. The number of nitrogens with two attached hydrogens (primary N) is 1. The van der Waals surface area contributed by atoms with Gasteiger partial charge < -0.3 is 15.8 Å². The van der Waals surface area contributed by atoms with Crippen molar-refractivity contribution in [3.8, 4) is 5.75 Å². The molecule has 0 radical (unpaired) electrons. The van der Waals surface area contributed by atoms with Crippen molar-refractivity contribution >= 4 is 11.4 Å².